The van der Waals surface area contributed by atoms with Crippen molar-refractivity contribution >= 4 is 23.3 Å². The molecule has 7 heteroatoms. The Balaban J connectivity index is 1.58. The van der Waals surface area contributed by atoms with Gasteiger partial charge in [0, 0.05) is 31.6 Å². The van der Waals surface area contributed by atoms with Gasteiger partial charge in [0.1, 0.15) is 12.0 Å². The number of hydrogen-bond acceptors (Lipinski definition) is 4. The van der Waals surface area contributed by atoms with E-state index in [4.69, 9.17) is 11.6 Å². The number of nitrogens with zero attached hydrogens (tertiary/aromatic N) is 3. The number of rotatable bonds is 3. The van der Waals surface area contributed by atoms with Crippen molar-refractivity contribution in [3.63, 3.8) is 0 Å². The Kier molecular flexibility index (Phi) is 5.02. The van der Waals surface area contributed by atoms with Crippen molar-refractivity contribution in [2.24, 2.45) is 5.92 Å². The molecule has 1 amide bonds. The standard InChI is InChI=1S/C16H21ClFN3O2/c17-12-1-2-15(19-8-12)20-5-3-11(4-6-20)16(23)21-9-13(18)7-14(21)10-22/h1-2,8,11,13-14,22H,3-7,9-10H2/t13-,14-/m0/s1. The summed E-state index contributed by atoms with van der Waals surface area (Å²) in [4.78, 5) is 20.6. The van der Waals surface area contributed by atoms with Crippen molar-refractivity contribution in [2.45, 2.75) is 31.5 Å². The van der Waals surface area contributed by atoms with Crippen molar-refractivity contribution in [1.82, 2.24) is 9.88 Å². The van der Waals surface area contributed by atoms with Crippen molar-refractivity contribution in [3.05, 3.63) is 23.4 Å². The first kappa shape index (κ1) is 16.5. The summed E-state index contributed by atoms with van der Waals surface area (Å²) in [6.45, 7) is 1.42. The number of likely N-dealkylation sites (tertiary alicyclic amines) is 1. The largest absolute Gasteiger partial charge is 0.394 e. The number of aromatic nitrogens is 1. The summed E-state index contributed by atoms with van der Waals surface area (Å²) in [6.07, 6.45) is 2.28. The third-order valence-corrected chi connectivity index (χ3v) is 4.96. The first-order valence-electron chi connectivity index (χ1n) is 8.00. The van der Waals surface area contributed by atoms with Gasteiger partial charge in [0.2, 0.25) is 5.91 Å². The predicted molar refractivity (Wildman–Crippen MR) is 86.3 cm³/mol. The van der Waals surface area contributed by atoms with E-state index in [9.17, 15) is 14.3 Å². The van der Waals surface area contributed by atoms with Crippen LogP contribution in [0.1, 0.15) is 19.3 Å². The van der Waals surface area contributed by atoms with Crippen LogP contribution in [0.4, 0.5) is 10.2 Å². The highest BCUT2D eigenvalue weighted by Gasteiger charge is 2.38. The van der Waals surface area contributed by atoms with Gasteiger partial charge in [-0.05, 0) is 25.0 Å². The fraction of sp³-hybridized carbons (Fsp3) is 0.625. The number of aliphatic hydroxyl groups is 1. The first-order chi connectivity index (χ1) is 11.1. The molecule has 0 bridgehead atoms. The van der Waals surface area contributed by atoms with E-state index >= 15 is 0 Å². The quantitative estimate of drug-likeness (QED) is 0.912. The van der Waals surface area contributed by atoms with Crippen LogP contribution in [0.3, 0.4) is 0 Å². The fourth-order valence-corrected chi connectivity index (χ4v) is 3.56. The lowest BCUT2D eigenvalue weighted by Crippen LogP contribution is -2.45. The number of aliphatic hydroxyl groups excluding tert-OH is 1. The molecule has 1 aromatic rings. The van der Waals surface area contributed by atoms with Crippen LogP contribution < -0.4 is 4.90 Å². The van der Waals surface area contributed by atoms with Crippen LogP contribution in [0.5, 0.6) is 0 Å². The maximum Gasteiger partial charge on any atom is 0.226 e. The maximum absolute atomic E-state index is 13.5. The first-order valence-corrected chi connectivity index (χ1v) is 8.38. The summed E-state index contributed by atoms with van der Waals surface area (Å²) in [7, 11) is 0. The molecule has 1 N–H and O–H groups in total. The molecule has 2 saturated heterocycles. The van der Waals surface area contributed by atoms with Gasteiger partial charge in [-0.1, -0.05) is 11.6 Å². The van der Waals surface area contributed by atoms with Gasteiger partial charge in [-0.15, -0.1) is 0 Å². The Morgan fingerprint density at radius 1 is 1.39 bits per heavy atom. The molecule has 3 heterocycles. The molecule has 0 aliphatic carbocycles. The van der Waals surface area contributed by atoms with Crippen LogP contribution in [0.2, 0.25) is 5.02 Å². The third-order valence-electron chi connectivity index (χ3n) is 4.74. The number of piperidine rings is 1. The molecule has 2 aliphatic heterocycles. The molecular formula is C16H21ClFN3O2. The highest BCUT2D eigenvalue weighted by molar-refractivity contribution is 6.30. The molecule has 0 spiro atoms. The Labute approximate surface area is 140 Å². The number of hydrogen-bond donors (Lipinski definition) is 1. The lowest BCUT2D eigenvalue weighted by molar-refractivity contribution is -0.137. The van der Waals surface area contributed by atoms with Crippen molar-refractivity contribution in [1.29, 1.82) is 0 Å². The number of amides is 1. The number of carbonyl (C=O) groups excluding carboxylic acids is 1. The molecular weight excluding hydrogens is 321 g/mol. The molecule has 0 radical (unpaired) electrons. The molecule has 23 heavy (non-hydrogen) atoms. The summed E-state index contributed by atoms with van der Waals surface area (Å²) in [6, 6.07) is 3.31. The molecule has 2 atom stereocenters. The molecule has 0 unspecified atom stereocenters. The van der Waals surface area contributed by atoms with E-state index in [2.05, 4.69) is 9.88 Å². The number of alkyl halides is 1. The van der Waals surface area contributed by atoms with E-state index in [-0.39, 0.29) is 37.4 Å². The van der Waals surface area contributed by atoms with Gasteiger partial charge in [0.25, 0.3) is 0 Å². The van der Waals surface area contributed by atoms with Gasteiger partial charge in [-0.2, -0.15) is 0 Å². The highest BCUT2D eigenvalue weighted by atomic mass is 35.5. The van der Waals surface area contributed by atoms with Gasteiger partial charge in [0.15, 0.2) is 0 Å². The summed E-state index contributed by atoms with van der Waals surface area (Å²) in [5.41, 5.74) is 0. The summed E-state index contributed by atoms with van der Waals surface area (Å²) in [5.74, 6) is 0.740. The lowest BCUT2D eigenvalue weighted by Gasteiger charge is -2.35. The van der Waals surface area contributed by atoms with E-state index < -0.39 is 6.17 Å². The fourth-order valence-electron chi connectivity index (χ4n) is 3.45. The third kappa shape index (κ3) is 3.58. The van der Waals surface area contributed by atoms with Crippen LogP contribution in [0.15, 0.2) is 18.3 Å². The van der Waals surface area contributed by atoms with Crippen LogP contribution in [-0.4, -0.2) is 59.4 Å². The van der Waals surface area contributed by atoms with E-state index in [1.165, 1.54) is 4.90 Å². The molecule has 2 aliphatic rings. The average molecular weight is 342 g/mol. The molecule has 1 aromatic heterocycles. The number of halogens is 2. The zero-order valence-corrected chi connectivity index (χ0v) is 13.6. The number of carbonyl (C=O) groups is 1. The van der Waals surface area contributed by atoms with E-state index in [0.29, 0.717) is 5.02 Å². The monoisotopic (exact) mass is 341 g/mol. The SMILES string of the molecule is O=C(C1CCN(c2ccc(Cl)cn2)CC1)N1C[C@@H](F)C[C@H]1CO. The van der Waals surface area contributed by atoms with E-state index in [0.717, 1.165) is 31.7 Å². The molecule has 3 rings (SSSR count). The lowest BCUT2D eigenvalue weighted by atomic mass is 9.95. The smallest absolute Gasteiger partial charge is 0.226 e. The van der Waals surface area contributed by atoms with E-state index in [1.807, 2.05) is 6.07 Å². The second-order valence-electron chi connectivity index (χ2n) is 6.26. The maximum atomic E-state index is 13.5. The Hall–Kier alpha value is -1.40. The van der Waals surface area contributed by atoms with Gasteiger partial charge in [0.05, 0.1) is 24.2 Å². The molecule has 5 nitrogen and oxygen atoms in total. The summed E-state index contributed by atoms with van der Waals surface area (Å²) >= 11 is 5.84. The molecule has 0 saturated carbocycles. The van der Waals surface area contributed by atoms with Crippen molar-refractivity contribution < 1.29 is 14.3 Å². The number of pyridine rings is 1. The van der Waals surface area contributed by atoms with Crippen molar-refractivity contribution in [3.8, 4) is 0 Å². The van der Waals surface area contributed by atoms with Gasteiger partial charge < -0.3 is 14.9 Å². The second-order valence-corrected chi connectivity index (χ2v) is 6.69. The number of anilines is 1. The van der Waals surface area contributed by atoms with Gasteiger partial charge in [-0.3, -0.25) is 4.79 Å². The minimum absolute atomic E-state index is 0.0204. The normalized spacial score (nSPS) is 25.9. The van der Waals surface area contributed by atoms with Gasteiger partial charge in [-0.25, -0.2) is 9.37 Å². The zero-order valence-electron chi connectivity index (χ0n) is 12.9. The zero-order chi connectivity index (χ0) is 16.4. The van der Waals surface area contributed by atoms with Crippen LogP contribution in [0, 0.1) is 5.92 Å². The van der Waals surface area contributed by atoms with Crippen molar-refractivity contribution in [2.75, 3.05) is 31.1 Å². The summed E-state index contributed by atoms with van der Waals surface area (Å²) < 4.78 is 13.5. The van der Waals surface area contributed by atoms with E-state index in [1.54, 1.807) is 12.3 Å². The predicted octanol–water partition coefficient (Wildman–Crippen LogP) is 1.88. The highest BCUT2D eigenvalue weighted by Crippen LogP contribution is 2.28. The van der Waals surface area contributed by atoms with Crippen LogP contribution in [-0.2, 0) is 4.79 Å². The second kappa shape index (κ2) is 7.01. The Morgan fingerprint density at radius 3 is 2.74 bits per heavy atom. The Bertz CT molecular complexity index is 549. The minimum atomic E-state index is -1.02. The minimum Gasteiger partial charge on any atom is -0.394 e. The van der Waals surface area contributed by atoms with Crippen LogP contribution >= 0.6 is 11.6 Å². The Morgan fingerprint density at radius 2 is 2.13 bits per heavy atom. The topological polar surface area (TPSA) is 56.7 Å². The van der Waals surface area contributed by atoms with Crippen LogP contribution in [0.25, 0.3) is 0 Å². The molecule has 126 valence electrons. The molecule has 0 aromatic carbocycles. The summed E-state index contributed by atoms with van der Waals surface area (Å²) in [5, 5.41) is 9.93. The average Bonchev–Trinajstić information content (AvgIpc) is 2.96. The molecule has 2 fully saturated rings. The van der Waals surface area contributed by atoms with Gasteiger partial charge >= 0.3 is 0 Å².